The number of aryl methyl sites for hydroxylation is 1. The number of hydrogen-bond donors (Lipinski definition) is 0. The van der Waals surface area contributed by atoms with E-state index in [2.05, 4.69) is 29.5 Å². The summed E-state index contributed by atoms with van der Waals surface area (Å²) in [5.74, 6) is 1.91. The molecule has 0 unspecified atom stereocenters. The molecular formula is C17H23N3OS. The van der Waals surface area contributed by atoms with Crippen molar-refractivity contribution >= 4 is 28.7 Å². The first-order chi connectivity index (χ1) is 10.5. The van der Waals surface area contributed by atoms with Gasteiger partial charge in [-0.1, -0.05) is 37.7 Å². The second-order valence-electron chi connectivity index (χ2n) is 6.48. The number of hydrogen-bond acceptors (Lipinski definition) is 3. The SMILES string of the molecule is C[C@@H]1C[C@H](C)CN(C(=O)CSc2nc3ccccc3n2C)C1. The molecule has 0 bridgehead atoms. The second kappa shape index (κ2) is 6.32. The van der Waals surface area contributed by atoms with E-state index in [1.807, 2.05) is 30.1 Å². The average Bonchev–Trinajstić information content (AvgIpc) is 2.81. The van der Waals surface area contributed by atoms with Gasteiger partial charge in [-0.2, -0.15) is 0 Å². The normalized spacial score (nSPS) is 22.2. The van der Waals surface area contributed by atoms with Gasteiger partial charge in [-0.15, -0.1) is 0 Å². The molecular weight excluding hydrogens is 294 g/mol. The highest BCUT2D eigenvalue weighted by atomic mass is 32.2. The summed E-state index contributed by atoms with van der Waals surface area (Å²) in [5.41, 5.74) is 2.10. The van der Waals surface area contributed by atoms with Crippen LogP contribution in [0.5, 0.6) is 0 Å². The quantitative estimate of drug-likeness (QED) is 0.816. The minimum absolute atomic E-state index is 0.232. The standard InChI is InChI=1S/C17H23N3OS/c1-12-8-13(2)10-20(9-12)16(21)11-22-17-18-14-6-4-5-7-15(14)19(17)3/h4-7,12-13H,8-11H2,1-3H3/t12-,13+. The lowest BCUT2D eigenvalue weighted by atomic mass is 9.92. The van der Waals surface area contributed by atoms with E-state index in [9.17, 15) is 4.79 Å². The molecule has 1 aromatic heterocycles. The average molecular weight is 317 g/mol. The minimum atomic E-state index is 0.232. The lowest BCUT2D eigenvalue weighted by Gasteiger charge is -2.34. The Kier molecular flexibility index (Phi) is 4.43. The lowest BCUT2D eigenvalue weighted by molar-refractivity contribution is -0.130. The predicted molar refractivity (Wildman–Crippen MR) is 91.0 cm³/mol. The van der Waals surface area contributed by atoms with Crippen molar-refractivity contribution < 1.29 is 4.79 Å². The number of benzene rings is 1. The van der Waals surface area contributed by atoms with Crippen LogP contribution in [0.2, 0.25) is 0 Å². The fraction of sp³-hybridized carbons (Fsp3) is 0.529. The summed E-state index contributed by atoms with van der Waals surface area (Å²) in [6.07, 6.45) is 1.22. The zero-order valence-corrected chi connectivity index (χ0v) is 14.3. The summed E-state index contributed by atoms with van der Waals surface area (Å²) >= 11 is 1.54. The van der Waals surface area contributed by atoms with Crippen LogP contribution < -0.4 is 0 Å². The summed E-state index contributed by atoms with van der Waals surface area (Å²) in [6.45, 7) is 6.25. The molecule has 3 rings (SSSR count). The van der Waals surface area contributed by atoms with Gasteiger partial charge >= 0.3 is 0 Å². The van der Waals surface area contributed by atoms with E-state index in [1.165, 1.54) is 18.2 Å². The monoisotopic (exact) mass is 317 g/mol. The number of amides is 1. The zero-order chi connectivity index (χ0) is 15.7. The number of likely N-dealkylation sites (tertiary alicyclic amines) is 1. The Balaban J connectivity index is 1.66. The first kappa shape index (κ1) is 15.4. The molecule has 0 aliphatic carbocycles. The molecule has 1 aliphatic rings. The second-order valence-corrected chi connectivity index (χ2v) is 7.42. The summed E-state index contributed by atoms with van der Waals surface area (Å²) < 4.78 is 2.06. The number of para-hydroxylation sites is 2. The molecule has 22 heavy (non-hydrogen) atoms. The van der Waals surface area contributed by atoms with Crippen LogP contribution in [-0.2, 0) is 11.8 Å². The van der Waals surface area contributed by atoms with Gasteiger partial charge in [0.05, 0.1) is 16.8 Å². The summed E-state index contributed by atoms with van der Waals surface area (Å²) in [6, 6.07) is 8.07. The summed E-state index contributed by atoms with van der Waals surface area (Å²) in [7, 11) is 2.01. The largest absolute Gasteiger partial charge is 0.341 e. The highest BCUT2D eigenvalue weighted by Gasteiger charge is 2.25. The lowest BCUT2D eigenvalue weighted by Crippen LogP contribution is -2.43. The van der Waals surface area contributed by atoms with E-state index in [-0.39, 0.29) is 5.91 Å². The van der Waals surface area contributed by atoms with E-state index >= 15 is 0 Å². The van der Waals surface area contributed by atoms with E-state index in [0.29, 0.717) is 17.6 Å². The van der Waals surface area contributed by atoms with Crippen LogP contribution in [-0.4, -0.2) is 39.2 Å². The molecule has 1 fully saturated rings. The molecule has 1 aliphatic heterocycles. The first-order valence-corrected chi connectivity index (χ1v) is 8.85. The number of nitrogens with zero attached hydrogens (tertiary/aromatic N) is 3. The third kappa shape index (κ3) is 3.14. The molecule has 0 N–H and O–H groups in total. The van der Waals surface area contributed by atoms with Crippen molar-refractivity contribution in [3.05, 3.63) is 24.3 Å². The number of fused-ring (bicyclic) bond motifs is 1. The van der Waals surface area contributed by atoms with Crippen LogP contribution in [0.1, 0.15) is 20.3 Å². The number of carbonyl (C=O) groups excluding carboxylic acids is 1. The van der Waals surface area contributed by atoms with Crippen molar-refractivity contribution in [3.8, 4) is 0 Å². The van der Waals surface area contributed by atoms with Crippen molar-refractivity contribution in [2.45, 2.75) is 25.4 Å². The van der Waals surface area contributed by atoms with Crippen LogP contribution in [0.25, 0.3) is 11.0 Å². The van der Waals surface area contributed by atoms with Crippen LogP contribution in [0.4, 0.5) is 0 Å². The number of imidazole rings is 1. The molecule has 1 amide bonds. The molecule has 0 radical (unpaired) electrons. The van der Waals surface area contributed by atoms with Gasteiger partial charge in [0.15, 0.2) is 5.16 Å². The number of aromatic nitrogens is 2. The van der Waals surface area contributed by atoms with Crippen molar-refractivity contribution in [3.63, 3.8) is 0 Å². The molecule has 0 spiro atoms. The Morgan fingerprint density at radius 1 is 1.27 bits per heavy atom. The number of rotatable bonds is 3. The first-order valence-electron chi connectivity index (χ1n) is 7.86. The van der Waals surface area contributed by atoms with Crippen LogP contribution >= 0.6 is 11.8 Å². The molecule has 2 aromatic rings. The fourth-order valence-electron chi connectivity index (χ4n) is 3.34. The number of piperidine rings is 1. The third-order valence-electron chi connectivity index (χ3n) is 4.29. The van der Waals surface area contributed by atoms with Crippen molar-refractivity contribution in [1.82, 2.24) is 14.5 Å². The maximum Gasteiger partial charge on any atom is 0.233 e. The van der Waals surface area contributed by atoms with Gasteiger partial charge in [0, 0.05) is 20.1 Å². The maximum absolute atomic E-state index is 12.5. The van der Waals surface area contributed by atoms with Gasteiger partial charge in [0.25, 0.3) is 0 Å². The zero-order valence-electron chi connectivity index (χ0n) is 13.5. The Hall–Kier alpha value is -1.49. The number of thioether (sulfide) groups is 1. The topological polar surface area (TPSA) is 38.1 Å². The molecule has 118 valence electrons. The van der Waals surface area contributed by atoms with Crippen LogP contribution in [0.15, 0.2) is 29.4 Å². The molecule has 2 heterocycles. The van der Waals surface area contributed by atoms with Gasteiger partial charge in [0.2, 0.25) is 5.91 Å². The van der Waals surface area contributed by atoms with Gasteiger partial charge in [-0.3, -0.25) is 4.79 Å². The fourth-order valence-corrected chi connectivity index (χ4v) is 4.23. The van der Waals surface area contributed by atoms with Crippen molar-refractivity contribution in [2.24, 2.45) is 18.9 Å². The smallest absolute Gasteiger partial charge is 0.233 e. The molecule has 4 nitrogen and oxygen atoms in total. The van der Waals surface area contributed by atoms with Gasteiger partial charge in [0.1, 0.15) is 0 Å². The van der Waals surface area contributed by atoms with E-state index in [1.54, 1.807) is 0 Å². The van der Waals surface area contributed by atoms with Crippen LogP contribution in [0, 0.1) is 11.8 Å². The third-order valence-corrected chi connectivity index (χ3v) is 5.31. The highest BCUT2D eigenvalue weighted by molar-refractivity contribution is 7.99. The van der Waals surface area contributed by atoms with Crippen LogP contribution in [0.3, 0.4) is 0 Å². The molecule has 1 saturated heterocycles. The van der Waals surface area contributed by atoms with Gasteiger partial charge in [-0.25, -0.2) is 4.98 Å². The van der Waals surface area contributed by atoms with Gasteiger partial charge in [-0.05, 0) is 30.4 Å². The Labute approximate surface area is 135 Å². The summed E-state index contributed by atoms with van der Waals surface area (Å²) in [4.78, 5) is 19.1. The Morgan fingerprint density at radius 3 is 2.64 bits per heavy atom. The minimum Gasteiger partial charge on any atom is -0.341 e. The molecule has 1 aromatic carbocycles. The maximum atomic E-state index is 12.5. The molecule has 2 atom stereocenters. The highest BCUT2D eigenvalue weighted by Crippen LogP contribution is 2.25. The van der Waals surface area contributed by atoms with E-state index in [4.69, 9.17) is 0 Å². The Bertz CT molecular complexity index is 672. The van der Waals surface area contributed by atoms with Gasteiger partial charge < -0.3 is 9.47 Å². The Morgan fingerprint density at radius 2 is 1.95 bits per heavy atom. The van der Waals surface area contributed by atoms with E-state index in [0.717, 1.165) is 29.3 Å². The van der Waals surface area contributed by atoms with Crippen molar-refractivity contribution in [1.29, 1.82) is 0 Å². The predicted octanol–water partition coefficient (Wildman–Crippen LogP) is 3.17. The molecule has 0 saturated carbocycles. The number of carbonyl (C=O) groups is 1. The van der Waals surface area contributed by atoms with E-state index < -0.39 is 0 Å². The summed E-state index contributed by atoms with van der Waals surface area (Å²) in [5, 5.41) is 0.910. The van der Waals surface area contributed by atoms with Crippen molar-refractivity contribution in [2.75, 3.05) is 18.8 Å². The molecule has 5 heteroatoms.